The van der Waals surface area contributed by atoms with Crippen molar-refractivity contribution in [2.45, 2.75) is 6.43 Å². The number of H-pyrrole nitrogens is 1. The smallest absolute Gasteiger partial charge is 0.334 e. The molecule has 0 bridgehead atoms. The monoisotopic (exact) mass is 215 g/mol. The average molecular weight is 215 g/mol. The lowest BCUT2D eigenvalue weighted by atomic mass is 10.1. The second-order valence-corrected chi connectivity index (χ2v) is 2.48. The van der Waals surface area contributed by atoms with Crippen LogP contribution in [-0.2, 0) is 0 Å². The minimum absolute atomic E-state index is 0.592. The molecule has 0 aliphatic heterocycles. The fraction of sp³-hybridized carbons (Fsp3) is 0.143. The topological polar surface area (TPSA) is 99.8 Å². The van der Waals surface area contributed by atoms with E-state index in [9.17, 15) is 23.7 Å². The van der Waals surface area contributed by atoms with E-state index in [1.165, 1.54) is 6.07 Å². The fourth-order valence-corrected chi connectivity index (χ4v) is 1.01. The van der Waals surface area contributed by atoms with E-state index in [1.54, 1.807) is 4.98 Å². The van der Waals surface area contributed by atoms with Gasteiger partial charge in [-0.1, -0.05) is 0 Å². The van der Waals surface area contributed by atoms with Crippen LogP contribution in [0.3, 0.4) is 0 Å². The quantitative estimate of drug-likeness (QED) is 0.589. The Morgan fingerprint density at radius 3 is 2.60 bits per heavy atom. The van der Waals surface area contributed by atoms with Crippen molar-refractivity contribution in [3.63, 3.8) is 0 Å². The second-order valence-electron chi connectivity index (χ2n) is 2.48. The van der Waals surface area contributed by atoms with Crippen molar-refractivity contribution in [2.24, 2.45) is 0 Å². The molecule has 0 fully saturated rings. The van der Waals surface area contributed by atoms with Crippen molar-refractivity contribution in [1.29, 1.82) is 5.26 Å². The molecule has 0 aromatic carbocycles. The Morgan fingerprint density at radius 1 is 1.60 bits per heavy atom. The summed E-state index contributed by atoms with van der Waals surface area (Å²) in [7, 11) is 0. The number of alkyl halides is 2. The van der Waals surface area contributed by atoms with Crippen LogP contribution in [0.25, 0.3) is 0 Å². The van der Waals surface area contributed by atoms with Gasteiger partial charge in [-0.2, -0.15) is 5.26 Å². The highest BCUT2D eigenvalue weighted by molar-refractivity contribution is 5.46. The van der Waals surface area contributed by atoms with Gasteiger partial charge in [0.15, 0.2) is 0 Å². The van der Waals surface area contributed by atoms with Crippen molar-refractivity contribution >= 4 is 5.82 Å². The number of pyridine rings is 1. The molecule has 0 atom stereocenters. The van der Waals surface area contributed by atoms with Crippen molar-refractivity contribution in [2.75, 3.05) is 0 Å². The minimum Gasteiger partial charge on any atom is -0.358 e. The standard InChI is InChI=1S/C7H3F2N3O3/c8-6(9)5-3(2-10)1-4(13)11-7(5)12(14)15/h1,6H,(H,11,13). The van der Waals surface area contributed by atoms with Gasteiger partial charge in [0.2, 0.25) is 0 Å². The van der Waals surface area contributed by atoms with Gasteiger partial charge < -0.3 is 10.1 Å². The first-order chi connectivity index (χ1) is 6.97. The van der Waals surface area contributed by atoms with E-state index in [-0.39, 0.29) is 0 Å². The lowest BCUT2D eigenvalue weighted by molar-refractivity contribution is -0.391. The third-order valence-electron chi connectivity index (χ3n) is 1.58. The molecule has 0 radical (unpaired) electrons. The molecule has 1 aromatic heterocycles. The van der Waals surface area contributed by atoms with Crippen LogP contribution in [0.2, 0.25) is 0 Å². The average Bonchev–Trinajstić information content (AvgIpc) is 2.15. The molecule has 0 unspecified atom stereocenters. The Bertz CT molecular complexity index is 503. The zero-order chi connectivity index (χ0) is 11.6. The number of nitrogens with zero attached hydrogens (tertiary/aromatic N) is 2. The Kier molecular flexibility index (Phi) is 2.75. The number of rotatable bonds is 2. The van der Waals surface area contributed by atoms with E-state index >= 15 is 0 Å². The summed E-state index contributed by atoms with van der Waals surface area (Å²) in [6.45, 7) is 0. The number of nitriles is 1. The number of hydrogen-bond acceptors (Lipinski definition) is 4. The zero-order valence-electron chi connectivity index (χ0n) is 7.03. The summed E-state index contributed by atoms with van der Waals surface area (Å²) >= 11 is 0. The van der Waals surface area contributed by atoms with E-state index in [1.807, 2.05) is 0 Å². The van der Waals surface area contributed by atoms with Crippen LogP contribution in [0.4, 0.5) is 14.6 Å². The van der Waals surface area contributed by atoms with Crippen LogP contribution >= 0.6 is 0 Å². The number of aromatic amines is 1. The summed E-state index contributed by atoms with van der Waals surface area (Å²) in [4.78, 5) is 21.6. The summed E-state index contributed by atoms with van der Waals surface area (Å²) in [5.74, 6) is -1.14. The Balaban J connectivity index is 3.64. The molecule has 0 spiro atoms. The van der Waals surface area contributed by atoms with Gasteiger partial charge in [-0.15, -0.1) is 0 Å². The molecule has 0 saturated heterocycles. The molecule has 0 amide bonds. The van der Waals surface area contributed by atoms with Crippen LogP contribution in [0.15, 0.2) is 10.9 Å². The predicted octanol–water partition coefficient (Wildman–Crippen LogP) is 1.09. The van der Waals surface area contributed by atoms with Crippen LogP contribution in [0.1, 0.15) is 17.6 Å². The zero-order valence-corrected chi connectivity index (χ0v) is 7.03. The van der Waals surface area contributed by atoms with Gasteiger partial charge >= 0.3 is 11.4 Å². The molecule has 1 heterocycles. The molecule has 0 saturated carbocycles. The molecule has 1 N–H and O–H groups in total. The molecular formula is C7H3F2N3O3. The van der Waals surface area contributed by atoms with E-state index in [4.69, 9.17) is 5.26 Å². The van der Waals surface area contributed by atoms with Crippen molar-refractivity contribution in [1.82, 2.24) is 4.98 Å². The number of nitro groups is 1. The molecule has 8 heteroatoms. The summed E-state index contributed by atoms with van der Waals surface area (Å²) < 4.78 is 24.8. The number of hydrogen-bond donors (Lipinski definition) is 1. The van der Waals surface area contributed by atoms with E-state index in [0.717, 1.165) is 0 Å². The largest absolute Gasteiger partial charge is 0.358 e. The van der Waals surface area contributed by atoms with Crippen molar-refractivity contribution in [3.05, 3.63) is 37.7 Å². The number of aromatic nitrogens is 1. The number of nitrogens with one attached hydrogen (secondary N) is 1. The third-order valence-corrected chi connectivity index (χ3v) is 1.58. The fourth-order valence-electron chi connectivity index (χ4n) is 1.01. The molecule has 1 rings (SSSR count). The molecule has 6 nitrogen and oxygen atoms in total. The van der Waals surface area contributed by atoms with Gasteiger partial charge in [0.1, 0.15) is 11.6 Å². The Labute approximate surface area is 80.9 Å². The van der Waals surface area contributed by atoms with E-state index in [2.05, 4.69) is 0 Å². The first kappa shape index (κ1) is 10.8. The van der Waals surface area contributed by atoms with Gasteiger partial charge in [0.25, 0.3) is 6.43 Å². The van der Waals surface area contributed by atoms with Gasteiger partial charge in [0, 0.05) is 6.07 Å². The third kappa shape index (κ3) is 1.96. The highest BCUT2D eigenvalue weighted by Gasteiger charge is 2.26. The number of halogens is 2. The molecule has 0 aliphatic carbocycles. The molecule has 78 valence electrons. The van der Waals surface area contributed by atoms with Crippen LogP contribution < -0.4 is 5.56 Å². The van der Waals surface area contributed by atoms with Crippen molar-refractivity contribution in [3.8, 4) is 6.07 Å². The summed E-state index contributed by atoms with van der Waals surface area (Å²) in [5.41, 5.74) is -2.73. The van der Waals surface area contributed by atoms with E-state index < -0.39 is 33.9 Å². The maximum Gasteiger partial charge on any atom is 0.334 e. The lowest BCUT2D eigenvalue weighted by Crippen LogP contribution is -2.12. The molecule has 0 aliphatic rings. The van der Waals surface area contributed by atoms with E-state index in [0.29, 0.717) is 6.07 Å². The summed E-state index contributed by atoms with van der Waals surface area (Å²) in [6.07, 6.45) is -3.20. The van der Waals surface area contributed by atoms with Gasteiger partial charge in [-0.05, 0) is 4.92 Å². The van der Waals surface area contributed by atoms with Crippen LogP contribution in [-0.4, -0.2) is 9.91 Å². The van der Waals surface area contributed by atoms with Crippen molar-refractivity contribution < 1.29 is 13.7 Å². The van der Waals surface area contributed by atoms with Crippen LogP contribution in [0.5, 0.6) is 0 Å². The van der Waals surface area contributed by atoms with Gasteiger partial charge in [-0.25, -0.2) is 18.6 Å². The molecule has 1 aromatic rings. The highest BCUT2D eigenvalue weighted by Crippen LogP contribution is 2.28. The summed E-state index contributed by atoms with van der Waals surface area (Å²) in [6, 6.07) is 1.90. The van der Waals surface area contributed by atoms with Gasteiger partial charge in [-0.3, -0.25) is 0 Å². The minimum atomic E-state index is -3.20. The maximum absolute atomic E-state index is 12.4. The first-order valence-electron chi connectivity index (χ1n) is 3.57. The second kappa shape index (κ2) is 3.83. The first-order valence-corrected chi connectivity index (χ1v) is 3.57. The van der Waals surface area contributed by atoms with Gasteiger partial charge in [0.05, 0.1) is 5.56 Å². The normalized spacial score (nSPS) is 10.0. The molecular weight excluding hydrogens is 212 g/mol. The highest BCUT2D eigenvalue weighted by atomic mass is 19.3. The summed E-state index contributed by atoms with van der Waals surface area (Å²) in [5, 5.41) is 18.8. The lowest BCUT2D eigenvalue weighted by Gasteiger charge is -2.03. The predicted molar refractivity (Wildman–Crippen MR) is 43.4 cm³/mol. The Morgan fingerprint density at radius 2 is 2.20 bits per heavy atom. The Hall–Kier alpha value is -2.30. The SMILES string of the molecule is N#Cc1cc(=O)[nH]c([N+](=O)[O-])c1C(F)F. The van der Waals surface area contributed by atoms with Crippen LogP contribution in [0, 0.1) is 21.4 Å². The maximum atomic E-state index is 12.4. The molecule has 15 heavy (non-hydrogen) atoms.